The van der Waals surface area contributed by atoms with Gasteiger partial charge in [-0.3, -0.25) is 4.79 Å². The van der Waals surface area contributed by atoms with Gasteiger partial charge in [0.15, 0.2) is 0 Å². The number of aromatic nitrogens is 2. The number of fused-ring (bicyclic) bond motifs is 1. The average Bonchev–Trinajstić information content (AvgIpc) is 3.04. The van der Waals surface area contributed by atoms with Crippen LogP contribution in [-0.4, -0.2) is 40.9 Å². The molecule has 1 saturated heterocycles. The van der Waals surface area contributed by atoms with Crippen molar-refractivity contribution in [3.63, 3.8) is 0 Å². The normalized spacial score (nSPS) is 14.4. The third-order valence-corrected chi connectivity index (χ3v) is 6.89. The van der Waals surface area contributed by atoms with Gasteiger partial charge in [-0.25, -0.2) is 9.97 Å². The number of nitrogens with zero attached hydrogens (tertiary/aromatic N) is 4. The van der Waals surface area contributed by atoms with Gasteiger partial charge in [-0.1, -0.05) is 18.2 Å². The number of thiophene rings is 1. The van der Waals surface area contributed by atoms with Crippen molar-refractivity contribution in [1.82, 2.24) is 14.9 Å². The van der Waals surface area contributed by atoms with Gasteiger partial charge < -0.3 is 9.80 Å². The maximum atomic E-state index is 13.3. The van der Waals surface area contributed by atoms with Crippen molar-refractivity contribution in [3.05, 3.63) is 51.8 Å². The molecule has 0 aliphatic carbocycles. The Morgan fingerprint density at radius 1 is 1.10 bits per heavy atom. The Balaban J connectivity index is 1.61. The van der Waals surface area contributed by atoms with Gasteiger partial charge in [0.2, 0.25) is 0 Å². The van der Waals surface area contributed by atoms with Crippen LogP contribution in [0.2, 0.25) is 0 Å². The molecule has 0 radical (unpaired) electrons. The zero-order chi connectivity index (χ0) is 20.5. The lowest BCUT2D eigenvalue weighted by Crippen LogP contribution is -2.32. The monoisotopic (exact) mass is 408 g/mol. The fourth-order valence-corrected chi connectivity index (χ4v) is 5.54. The molecule has 152 valence electrons. The Kier molecular flexibility index (Phi) is 5.54. The second kappa shape index (κ2) is 8.11. The summed E-state index contributed by atoms with van der Waals surface area (Å²) in [4.78, 5) is 28.3. The molecule has 1 fully saturated rings. The van der Waals surface area contributed by atoms with E-state index in [0.29, 0.717) is 6.54 Å². The lowest BCUT2D eigenvalue weighted by atomic mass is 10.1. The van der Waals surface area contributed by atoms with E-state index in [9.17, 15) is 4.79 Å². The summed E-state index contributed by atoms with van der Waals surface area (Å²) in [6, 6.07) is 8.48. The van der Waals surface area contributed by atoms with Crippen molar-refractivity contribution in [2.45, 2.75) is 46.6 Å². The second-order valence-corrected chi connectivity index (χ2v) is 8.93. The Bertz CT molecular complexity index is 1050. The molecular formula is C23H28N4OS. The van der Waals surface area contributed by atoms with E-state index in [1.54, 1.807) is 0 Å². The molecule has 0 N–H and O–H groups in total. The minimum Gasteiger partial charge on any atom is -0.371 e. The van der Waals surface area contributed by atoms with Gasteiger partial charge in [0.1, 0.15) is 10.7 Å². The van der Waals surface area contributed by atoms with Gasteiger partial charge in [-0.05, 0) is 57.2 Å². The molecule has 2 aromatic heterocycles. The third kappa shape index (κ3) is 3.86. The van der Waals surface area contributed by atoms with Crippen molar-refractivity contribution in [2.24, 2.45) is 0 Å². The molecule has 1 aliphatic rings. The van der Waals surface area contributed by atoms with Crippen LogP contribution in [0.3, 0.4) is 0 Å². The van der Waals surface area contributed by atoms with Crippen molar-refractivity contribution in [2.75, 3.05) is 25.0 Å². The fourth-order valence-electron chi connectivity index (χ4n) is 4.27. The Hall–Kier alpha value is -2.47. The topological polar surface area (TPSA) is 49.3 Å². The molecule has 0 unspecified atom stereocenters. The molecule has 1 amide bonds. The molecule has 4 rings (SSSR count). The first-order valence-electron chi connectivity index (χ1n) is 10.3. The predicted octanol–water partition coefficient (Wildman–Crippen LogP) is 4.88. The molecular weight excluding hydrogens is 380 g/mol. The first-order valence-corrected chi connectivity index (χ1v) is 11.1. The summed E-state index contributed by atoms with van der Waals surface area (Å²) in [6.07, 6.45) is 3.79. The average molecular weight is 409 g/mol. The number of piperidine rings is 1. The summed E-state index contributed by atoms with van der Waals surface area (Å²) < 4.78 is 0. The van der Waals surface area contributed by atoms with Gasteiger partial charge >= 0.3 is 0 Å². The van der Waals surface area contributed by atoms with Gasteiger partial charge in [0.05, 0.1) is 4.88 Å². The highest BCUT2D eigenvalue weighted by Crippen LogP contribution is 2.32. The van der Waals surface area contributed by atoms with Crippen LogP contribution in [0.1, 0.15) is 51.6 Å². The number of anilines is 1. The van der Waals surface area contributed by atoms with Crippen LogP contribution in [0, 0.1) is 20.8 Å². The molecule has 5 nitrogen and oxygen atoms in total. The molecule has 29 heavy (non-hydrogen) atoms. The van der Waals surface area contributed by atoms with Crippen LogP contribution in [0.25, 0.3) is 10.2 Å². The highest BCUT2D eigenvalue weighted by Gasteiger charge is 2.23. The summed E-state index contributed by atoms with van der Waals surface area (Å²) in [6.45, 7) is 8.69. The van der Waals surface area contributed by atoms with E-state index < -0.39 is 0 Å². The third-order valence-electron chi connectivity index (χ3n) is 5.72. The van der Waals surface area contributed by atoms with Gasteiger partial charge in [0.25, 0.3) is 5.91 Å². The van der Waals surface area contributed by atoms with E-state index in [0.717, 1.165) is 45.3 Å². The van der Waals surface area contributed by atoms with E-state index in [1.165, 1.54) is 41.9 Å². The van der Waals surface area contributed by atoms with Crippen LogP contribution in [0.5, 0.6) is 0 Å². The lowest BCUT2D eigenvalue weighted by molar-refractivity contribution is 0.0789. The molecule has 1 aliphatic heterocycles. The van der Waals surface area contributed by atoms with Crippen molar-refractivity contribution >= 4 is 33.1 Å². The highest BCUT2D eigenvalue weighted by molar-refractivity contribution is 7.20. The first-order chi connectivity index (χ1) is 14.0. The Labute approximate surface area is 176 Å². The second-order valence-electron chi connectivity index (χ2n) is 7.93. The van der Waals surface area contributed by atoms with Crippen molar-refractivity contribution < 1.29 is 4.79 Å². The maximum Gasteiger partial charge on any atom is 0.264 e. The number of amides is 1. The van der Waals surface area contributed by atoms with Crippen LogP contribution in [-0.2, 0) is 6.54 Å². The number of benzene rings is 1. The van der Waals surface area contributed by atoms with Gasteiger partial charge in [-0.15, -0.1) is 11.3 Å². The Morgan fingerprint density at radius 2 is 1.83 bits per heavy atom. The fraction of sp³-hybridized carbons (Fsp3) is 0.435. The molecule has 0 bridgehead atoms. The van der Waals surface area contributed by atoms with Gasteiger partial charge in [0, 0.05) is 43.4 Å². The number of para-hydroxylation sites is 1. The molecule has 6 heteroatoms. The zero-order valence-corrected chi connectivity index (χ0v) is 18.5. The van der Waals surface area contributed by atoms with Crippen LogP contribution in [0.15, 0.2) is 24.3 Å². The van der Waals surface area contributed by atoms with E-state index in [4.69, 9.17) is 0 Å². The summed E-state index contributed by atoms with van der Waals surface area (Å²) in [7, 11) is 1.89. The van der Waals surface area contributed by atoms with Crippen LogP contribution in [0.4, 0.5) is 5.69 Å². The van der Waals surface area contributed by atoms with Crippen LogP contribution >= 0.6 is 11.3 Å². The van der Waals surface area contributed by atoms with Gasteiger partial charge in [-0.2, -0.15) is 0 Å². The van der Waals surface area contributed by atoms with E-state index in [-0.39, 0.29) is 5.91 Å². The Morgan fingerprint density at radius 3 is 2.59 bits per heavy atom. The smallest absolute Gasteiger partial charge is 0.264 e. The molecule has 3 heterocycles. The summed E-state index contributed by atoms with van der Waals surface area (Å²) in [5, 5.41) is 1.02. The summed E-state index contributed by atoms with van der Waals surface area (Å²) >= 11 is 1.48. The largest absolute Gasteiger partial charge is 0.371 e. The SMILES string of the molecule is Cc1nc(C)c2c(C)c(C(=O)N(C)Cc3ccccc3N3CCCCC3)sc2n1. The number of hydrogen-bond donors (Lipinski definition) is 0. The van der Waals surface area contributed by atoms with E-state index in [1.807, 2.05) is 32.7 Å². The zero-order valence-electron chi connectivity index (χ0n) is 17.7. The quantitative estimate of drug-likeness (QED) is 0.617. The van der Waals surface area contributed by atoms with E-state index >= 15 is 0 Å². The van der Waals surface area contributed by atoms with Crippen molar-refractivity contribution in [3.8, 4) is 0 Å². The molecule has 1 aromatic carbocycles. The van der Waals surface area contributed by atoms with E-state index in [2.05, 4.69) is 39.1 Å². The van der Waals surface area contributed by atoms with Crippen LogP contribution < -0.4 is 4.90 Å². The highest BCUT2D eigenvalue weighted by atomic mass is 32.1. The number of carbonyl (C=O) groups is 1. The molecule has 0 saturated carbocycles. The first kappa shape index (κ1) is 19.8. The number of hydrogen-bond acceptors (Lipinski definition) is 5. The number of rotatable bonds is 4. The standard InChI is InChI=1S/C23H28N4OS/c1-15-20-16(2)24-17(3)25-22(20)29-21(15)23(28)26(4)14-18-10-6-7-11-19(18)27-12-8-5-9-13-27/h6-7,10-11H,5,8-9,12-14H2,1-4H3. The lowest BCUT2D eigenvalue weighted by Gasteiger charge is -2.31. The molecule has 0 spiro atoms. The minimum atomic E-state index is 0.0519. The van der Waals surface area contributed by atoms with Crippen molar-refractivity contribution in [1.29, 1.82) is 0 Å². The number of carbonyl (C=O) groups excluding carboxylic acids is 1. The summed E-state index contributed by atoms with van der Waals surface area (Å²) in [5.74, 6) is 0.801. The number of aryl methyl sites for hydroxylation is 3. The maximum absolute atomic E-state index is 13.3. The predicted molar refractivity (Wildman–Crippen MR) is 120 cm³/mol. The minimum absolute atomic E-state index is 0.0519. The molecule has 3 aromatic rings. The summed E-state index contributed by atoms with van der Waals surface area (Å²) in [5.41, 5.74) is 4.40. The molecule has 0 atom stereocenters.